The van der Waals surface area contributed by atoms with Crippen LogP contribution in [-0.4, -0.2) is 32.7 Å². The summed E-state index contributed by atoms with van der Waals surface area (Å²) in [4.78, 5) is 13.1. The summed E-state index contributed by atoms with van der Waals surface area (Å²) in [7, 11) is 0. The normalized spacial score (nSPS) is 12.2. The Hall–Kier alpha value is -2.01. The number of pyridine rings is 1. The highest BCUT2D eigenvalue weighted by Crippen LogP contribution is 2.20. The monoisotopic (exact) mass is 272 g/mol. The zero-order valence-electron chi connectivity index (χ0n) is 12.1. The minimum Gasteiger partial charge on any atom is -0.391 e. The molecule has 0 aliphatic heterocycles. The number of aromatic nitrogens is 3. The van der Waals surface area contributed by atoms with Crippen molar-refractivity contribution in [2.24, 2.45) is 0 Å². The van der Waals surface area contributed by atoms with Crippen LogP contribution >= 0.6 is 0 Å². The Morgan fingerprint density at radius 1 is 1.20 bits per heavy atom. The number of aryl methyl sites for hydroxylation is 2. The first-order chi connectivity index (χ1) is 9.60. The SMILES string of the molecule is CC[C@@H](O)CNc1nccc(-c2ccc(C)nc2C)n1. The lowest BCUT2D eigenvalue weighted by atomic mass is 10.1. The molecular formula is C15H20N4O. The predicted molar refractivity (Wildman–Crippen MR) is 79.5 cm³/mol. The molecule has 0 aliphatic carbocycles. The van der Waals surface area contributed by atoms with Crippen molar-refractivity contribution in [3.05, 3.63) is 35.8 Å². The quantitative estimate of drug-likeness (QED) is 0.874. The molecule has 106 valence electrons. The van der Waals surface area contributed by atoms with Crippen LogP contribution in [0.2, 0.25) is 0 Å². The van der Waals surface area contributed by atoms with Crippen molar-refractivity contribution in [2.45, 2.75) is 33.3 Å². The molecule has 0 unspecified atom stereocenters. The Labute approximate surface area is 119 Å². The van der Waals surface area contributed by atoms with E-state index in [2.05, 4.69) is 20.3 Å². The highest BCUT2D eigenvalue weighted by atomic mass is 16.3. The Morgan fingerprint density at radius 3 is 2.70 bits per heavy atom. The number of rotatable bonds is 5. The van der Waals surface area contributed by atoms with Crippen molar-refractivity contribution in [1.82, 2.24) is 15.0 Å². The highest BCUT2D eigenvalue weighted by Gasteiger charge is 2.07. The van der Waals surface area contributed by atoms with Crippen molar-refractivity contribution in [3.8, 4) is 11.3 Å². The van der Waals surface area contributed by atoms with Crippen LogP contribution in [0.15, 0.2) is 24.4 Å². The van der Waals surface area contributed by atoms with Crippen LogP contribution in [0, 0.1) is 13.8 Å². The van der Waals surface area contributed by atoms with E-state index in [1.807, 2.05) is 39.0 Å². The summed E-state index contributed by atoms with van der Waals surface area (Å²) >= 11 is 0. The predicted octanol–water partition coefficient (Wildman–Crippen LogP) is 2.34. The van der Waals surface area contributed by atoms with E-state index in [1.165, 1.54) is 0 Å². The minimum absolute atomic E-state index is 0.384. The summed E-state index contributed by atoms with van der Waals surface area (Å²) in [6.07, 6.45) is 2.03. The fourth-order valence-corrected chi connectivity index (χ4v) is 1.90. The number of nitrogens with zero attached hydrogens (tertiary/aromatic N) is 3. The zero-order chi connectivity index (χ0) is 14.5. The van der Waals surface area contributed by atoms with Crippen molar-refractivity contribution in [2.75, 3.05) is 11.9 Å². The summed E-state index contributed by atoms with van der Waals surface area (Å²) in [6, 6.07) is 5.85. The van der Waals surface area contributed by atoms with E-state index in [9.17, 15) is 5.11 Å². The largest absolute Gasteiger partial charge is 0.391 e. The van der Waals surface area contributed by atoms with Crippen LogP contribution in [0.5, 0.6) is 0 Å². The lowest BCUT2D eigenvalue weighted by Gasteiger charge is -2.10. The topological polar surface area (TPSA) is 70.9 Å². The fourth-order valence-electron chi connectivity index (χ4n) is 1.90. The summed E-state index contributed by atoms with van der Waals surface area (Å²) in [5.41, 5.74) is 3.77. The first-order valence-corrected chi connectivity index (χ1v) is 6.79. The molecule has 0 saturated carbocycles. The molecule has 2 heterocycles. The third kappa shape index (κ3) is 3.51. The molecule has 2 aromatic heterocycles. The Morgan fingerprint density at radius 2 is 2.00 bits per heavy atom. The number of aliphatic hydroxyl groups is 1. The van der Waals surface area contributed by atoms with Gasteiger partial charge in [0.05, 0.1) is 11.8 Å². The van der Waals surface area contributed by atoms with Gasteiger partial charge in [0.2, 0.25) is 5.95 Å². The summed E-state index contributed by atoms with van der Waals surface area (Å²) in [5, 5.41) is 12.6. The standard InChI is InChI=1S/C15H20N4O/c1-4-12(20)9-17-15-16-8-7-14(19-15)13-6-5-10(2)18-11(13)3/h5-8,12,20H,4,9H2,1-3H3,(H,16,17,19)/t12-/m1/s1. The maximum atomic E-state index is 9.55. The van der Waals surface area contributed by atoms with Gasteiger partial charge in [0.15, 0.2) is 0 Å². The molecule has 5 nitrogen and oxygen atoms in total. The van der Waals surface area contributed by atoms with Gasteiger partial charge in [-0.1, -0.05) is 6.92 Å². The van der Waals surface area contributed by atoms with Crippen molar-refractivity contribution >= 4 is 5.95 Å². The van der Waals surface area contributed by atoms with Crippen LogP contribution in [-0.2, 0) is 0 Å². The molecule has 0 bridgehead atoms. The van der Waals surface area contributed by atoms with Gasteiger partial charge in [-0.15, -0.1) is 0 Å². The van der Waals surface area contributed by atoms with Crippen molar-refractivity contribution in [1.29, 1.82) is 0 Å². The van der Waals surface area contributed by atoms with E-state index >= 15 is 0 Å². The molecule has 2 aromatic rings. The first kappa shape index (κ1) is 14.4. The van der Waals surface area contributed by atoms with Gasteiger partial charge in [0.25, 0.3) is 0 Å². The Bertz CT molecular complexity index is 586. The van der Waals surface area contributed by atoms with E-state index in [-0.39, 0.29) is 6.10 Å². The molecule has 0 aromatic carbocycles. The summed E-state index contributed by atoms with van der Waals surface area (Å²) < 4.78 is 0. The van der Waals surface area contributed by atoms with Crippen LogP contribution in [0.3, 0.4) is 0 Å². The van der Waals surface area contributed by atoms with Gasteiger partial charge in [-0.05, 0) is 38.5 Å². The van der Waals surface area contributed by atoms with Crippen molar-refractivity contribution < 1.29 is 5.11 Å². The van der Waals surface area contributed by atoms with E-state index in [4.69, 9.17) is 0 Å². The smallest absolute Gasteiger partial charge is 0.223 e. The number of hydrogen-bond donors (Lipinski definition) is 2. The first-order valence-electron chi connectivity index (χ1n) is 6.79. The molecule has 20 heavy (non-hydrogen) atoms. The maximum Gasteiger partial charge on any atom is 0.223 e. The molecule has 1 atom stereocenters. The lowest BCUT2D eigenvalue weighted by molar-refractivity contribution is 0.183. The van der Waals surface area contributed by atoms with Gasteiger partial charge >= 0.3 is 0 Å². The molecular weight excluding hydrogens is 252 g/mol. The average molecular weight is 272 g/mol. The molecule has 0 fully saturated rings. The zero-order valence-corrected chi connectivity index (χ0v) is 12.1. The van der Waals surface area contributed by atoms with Crippen molar-refractivity contribution in [3.63, 3.8) is 0 Å². The van der Waals surface area contributed by atoms with Gasteiger partial charge in [0, 0.05) is 29.7 Å². The number of hydrogen-bond acceptors (Lipinski definition) is 5. The van der Waals surface area contributed by atoms with Gasteiger partial charge in [-0.3, -0.25) is 4.98 Å². The number of nitrogens with one attached hydrogen (secondary N) is 1. The minimum atomic E-state index is -0.384. The van der Waals surface area contributed by atoms with Gasteiger partial charge < -0.3 is 10.4 Å². The van der Waals surface area contributed by atoms with Gasteiger partial charge in [-0.25, -0.2) is 9.97 Å². The number of anilines is 1. The van der Waals surface area contributed by atoms with Gasteiger partial charge in [-0.2, -0.15) is 0 Å². The van der Waals surface area contributed by atoms with E-state index in [1.54, 1.807) is 6.20 Å². The molecule has 0 spiro atoms. The molecule has 2 rings (SSSR count). The lowest BCUT2D eigenvalue weighted by Crippen LogP contribution is -2.19. The third-order valence-corrected chi connectivity index (χ3v) is 3.12. The molecule has 0 amide bonds. The fraction of sp³-hybridized carbons (Fsp3) is 0.400. The molecule has 5 heteroatoms. The molecule has 0 saturated heterocycles. The Balaban J connectivity index is 2.21. The molecule has 2 N–H and O–H groups in total. The van der Waals surface area contributed by atoms with Gasteiger partial charge in [0.1, 0.15) is 0 Å². The van der Waals surface area contributed by atoms with Crippen LogP contribution in [0.1, 0.15) is 24.7 Å². The second kappa shape index (κ2) is 6.43. The molecule has 0 aliphatic rings. The average Bonchev–Trinajstić information content (AvgIpc) is 2.45. The van der Waals surface area contributed by atoms with E-state index < -0.39 is 0 Å². The second-order valence-corrected chi connectivity index (χ2v) is 4.79. The summed E-state index contributed by atoms with van der Waals surface area (Å²) in [6.45, 7) is 6.32. The van der Waals surface area contributed by atoms with Crippen LogP contribution < -0.4 is 5.32 Å². The second-order valence-electron chi connectivity index (χ2n) is 4.79. The third-order valence-electron chi connectivity index (χ3n) is 3.12. The van der Waals surface area contributed by atoms with Crippen LogP contribution in [0.25, 0.3) is 11.3 Å². The van der Waals surface area contributed by atoms with E-state index in [0.29, 0.717) is 18.9 Å². The summed E-state index contributed by atoms with van der Waals surface area (Å²) in [5.74, 6) is 0.523. The Kier molecular flexibility index (Phi) is 4.63. The number of aliphatic hydroxyl groups excluding tert-OH is 1. The van der Waals surface area contributed by atoms with E-state index in [0.717, 1.165) is 22.6 Å². The highest BCUT2D eigenvalue weighted by molar-refractivity contribution is 5.62. The molecule has 0 radical (unpaired) electrons. The van der Waals surface area contributed by atoms with Crippen LogP contribution in [0.4, 0.5) is 5.95 Å². The maximum absolute atomic E-state index is 9.55.